The maximum absolute atomic E-state index is 5.38. The van der Waals surface area contributed by atoms with E-state index >= 15 is 0 Å². The van der Waals surface area contributed by atoms with E-state index in [1.54, 1.807) is 11.3 Å². The molecule has 3 rings (SSSR count). The zero-order valence-electron chi connectivity index (χ0n) is 12.1. The third-order valence-electron chi connectivity index (χ3n) is 4.52. The van der Waals surface area contributed by atoms with Gasteiger partial charge in [0.2, 0.25) is 0 Å². The summed E-state index contributed by atoms with van der Waals surface area (Å²) in [5, 5.41) is 0.809. The Kier molecular flexibility index (Phi) is 4.88. The number of likely N-dealkylation sites (tertiary alicyclic amines) is 2. The molecule has 5 nitrogen and oxygen atoms in total. The van der Waals surface area contributed by atoms with E-state index in [0.717, 1.165) is 17.7 Å². The Balaban J connectivity index is 1.45. The monoisotopic (exact) mass is 295 g/mol. The van der Waals surface area contributed by atoms with Crippen molar-refractivity contribution in [2.24, 2.45) is 5.84 Å². The van der Waals surface area contributed by atoms with Gasteiger partial charge in [-0.3, -0.25) is 10.3 Å². The topological polar surface area (TPSA) is 57.4 Å². The SMILES string of the molecule is NNc1ncc(CN2CCC(N3CCCCC3)CC2)s1. The Hall–Kier alpha value is -0.690. The first-order chi connectivity index (χ1) is 9.85. The molecule has 0 spiro atoms. The van der Waals surface area contributed by atoms with Gasteiger partial charge in [0.15, 0.2) is 5.13 Å². The fourth-order valence-electron chi connectivity index (χ4n) is 3.39. The molecule has 0 amide bonds. The Morgan fingerprint density at radius 2 is 1.95 bits per heavy atom. The summed E-state index contributed by atoms with van der Waals surface area (Å²) >= 11 is 1.66. The predicted molar refractivity (Wildman–Crippen MR) is 83.6 cm³/mol. The summed E-state index contributed by atoms with van der Waals surface area (Å²) in [4.78, 5) is 10.8. The van der Waals surface area contributed by atoms with Gasteiger partial charge >= 0.3 is 0 Å². The molecule has 0 aliphatic carbocycles. The fraction of sp³-hybridized carbons (Fsp3) is 0.786. The smallest absolute Gasteiger partial charge is 0.197 e. The Morgan fingerprint density at radius 1 is 1.20 bits per heavy atom. The van der Waals surface area contributed by atoms with Crippen molar-refractivity contribution in [1.29, 1.82) is 0 Å². The van der Waals surface area contributed by atoms with E-state index in [0.29, 0.717) is 0 Å². The van der Waals surface area contributed by atoms with E-state index in [9.17, 15) is 0 Å². The van der Waals surface area contributed by atoms with Crippen molar-refractivity contribution >= 4 is 16.5 Å². The minimum Gasteiger partial charge on any atom is -0.300 e. The number of aromatic nitrogens is 1. The van der Waals surface area contributed by atoms with Crippen LogP contribution in [0.1, 0.15) is 37.0 Å². The zero-order chi connectivity index (χ0) is 13.8. The Labute approximate surface area is 125 Å². The molecule has 0 atom stereocenters. The maximum atomic E-state index is 5.38. The number of nitrogens with two attached hydrogens (primary N) is 1. The summed E-state index contributed by atoms with van der Waals surface area (Å²) in [6.45, 7) is 6.09. The van der Waals surface area contributed by atoms with E-state index in [4.69, 9.17) is 5.84 Å². The molecule has 2 aliphatic rings. The van der Waals surface area contributed by atoms with Crippen LogP contribution in [0, 0.1) is 0 Å². The highest BCUT2D eigenvalue weighted by atomic mass is 32.1. The predicted octanol–water partition coefficient (Wildman–Crippen LogP) is 1.88. The lowest BCUT2D eigenvalue weighted by Gasteiger charge is -2.40. The second-order valence-electron chi connectivity index (χ2n) is 5.88. The van der Waals surface area contributed by atoms with Crippen molar-refractivity contribution in [3.8, 4) is 0 Å². The van der Waals surface area contributed by atoms with Crippen LogP contribution < -0.4 is 11.3 Å². The molecule has 20 heavy (non-hydrogen) atoms. The molecule has 1 aromatic rings. The first-order valence-corrected chi connectivity index (χ1v) is 8.54. The van der Waals surface area contributed by atoms with E-state index in [1.807, 2.05) is 6.20 Å². The van der Waals surface area contributed by atoms with E-state index in [2.05, 4.69) is 20.2 Å². The quantitative estimate of drug-likeness (QED) is 0.656. The molecule has 112 valence electrons. The normalized spacial score (nSPS) is 23.1. The summed E-state index contributed by atoms with van der Waals surface area (Å²) in [6.07, 6.45) is 8.81. The van der Waals surface area contributed by atoms with Gasteiger partial charge in [-0.2, -0.15) is 0 Å². The van der Waals surface area contributed by atoms with Crippen LogP contribution in [0.25, 0.3) is 0 Å². The minimum atomic E-state index is 0.809. The van der Waals surface area contributed by atoms with Crippen molar-refractivity contribution in [3.63, 3.8) is 0 Å². The molecule has 2 aliphatic heterocycles. The first-order valence-electron chi connectivity index (χ1n) is 7.73. The maximum Gasteiger partial charge on any atom is 0.197 e. The van der Waals surface area contributed by atoms with Crippen LogP contribution in [0.15, 0.2) is 6.20 Å². The van der Waals surface area contributed by atoms with Gasteiger partial charge in [0, 0.05) is 36.8 Å². The molecule has 0 radical (unpaired) electrons. The first kappa shape index (κ1) is 14.3. The van der Waals surface area contributed by atoms with Gasteiger partial charge < -0.3 is 4.90 Å². The largest absolute Gasteiger partial charge is 0.300 e. The van der Waals surface area contributed by atoms with Crippen molar-refractivity contribution in [2.45, 2.75) is 44.7 Å². The van der Waals surface area contributed by atoms with Gasteiger partial charge in [0.25, 0.3) is 0 Å². The molecule has 2 saturated heterocycles. The molecule has 0 aromatic carbocycles. The molecular weight excluding hydrogens is 270 g/mol. The van der Waals surface area contributed by atoms with Gasteiger partial charge in [-0.05, 0) is 38.8 Å². The number of nitrogens with one attached hydrogen (secondary N) is 1. The lowest BCUT2D eigenvalue weighted by molar-refractivity contribution is 0.0900. The van der Waals surface area contributed by atoms with Crippen molar-refractivity contribution in [2.75, 3.05) is 31.6 Å². The highest BCUT2D eigenvalue weighted by Crippen LogP contribution is 2.24. The standard InChI is InChI=1S/C14H25N5S/c15-17-14-16-10-13(20-14)11-18-8-4-12(5-9-18)19-6-2-1-3-7-19/h10,12H,1-9,11,15H2,(H,16,17). The fourth-order valence-corrected chi connectivity index (χ4v) is 4.16. The van der Waals surface area contributed by atoms with Gasteiger partial charge in [-0.1, -0.05) is 17.8 Å². The zero-order valence-corrected chi connectivity index (χ0v) is 12.9. The number of rotatable bonds is 4. The van der Waals surface area contributed by atoms with Crippen molar-refractivity contribution in [1.82, 2.24) is 14.8 Å². The summed E-state index contributed by atoms with van der Waals surface area (Å²) in [6, 6.07) is 0.828. The number of thiazole rings is 1. The van der Waals surface area contributed by atoms with Gasteiger partial charge in [-0.15, -0.1) is 0 Å². The number of piperidine rings is 2. The second kappa shape index (κ2) is 6.85. The molecule has 0 bridgehead atoms. The number of hydrogen-bond donors (Lipinski definition) is 2. The number of hydrazine groups is 1. The van der Waals surface area contributed by atoms with E-state index in [-0.39, 0.29) is 0 Å². The highest BCUT2D eigenvalue weighted by Gasteiger charge is 2.25. The number of nitrogens with zero attached hydrogens (tertiary/aromatic N) is 3. The number of anilines is 1. The summed E-state index contributed by atoms with van der Waals surface area (Å²) < 4.78 is 0. The summed E-state index contributed by atoms with van der Waals surface area (Å²) in [7, 11) is 0. The highest BCUT2D eigenvalue weighted by molar-refractivity contribution is 7.15. The summed E-state index contributed by atoms with van der Waals surface area (Å²) in [5.41, 5.74) is 2.62. The molecule has 3 N–H and O–H groups in total. The average Bonchev–Trinajstić information content (AvgIpc) is 2.97. The van der Waals surface area contributed by atoms with Crippen LogP contribution in [0.4, 0.5) is 5.13 Å². The van der Waals surface area contributed by atoms with Crippen LogP contribution in [0.2, 0.25) is 0 Å². The second-order valence-corrected chi connectivity index (χ2v) is 7.00. The van der Waals surface area contributed by atoms with Crippen LogP contribution in [-0.4, -0.2) is 47.0 Å². The summed E-state index contributed by atoms with van der Waals surface area (Å²) in [5.74, 6) is 5.38. The van der Waals surface area contributed by atoms with E-state index in [1.165, 1.54) is 63.2 Å². The minimum absolute atomic E-state index is 0.809. The van der Waals surface area contributed by atoms with Crippen LogP contribution in [0.3, 0.4) is 0 Å². The number of nitrogen functional groups attached to an aromatic ring is 1. The molecule has 1 aromatic heterocycles. The lowest BCUT2D eigenvalue weighted by Crippen LogP contribution is -2.46. The molecule has 3 heterocycles. The molecule has 2 fully saturated rings. The molecular formula is C14H25N5S. The molecule has 6 heteroatoms. The third-order valence-corrected chi connectivity index (χ3v) is 5.43. The van der Waals surface area contributed by atoms with Crippen LogP contribution in [0.5, 0.6) is 0 Å². The molecule has 0 unspecified atom stereocenters. The Morgan fingerprint density at radius 3 is 2.60 bits per heavy atom. The van der Waals surface area contributed by atoms with Crippen molar-refractivity contribution < 1.29 is 0 Å². The van der Waals surface area contributed by atoms with E-state index < -0.39 is 0 Å². The lowest BCUT2D eigenvalue weighted by atomic mass is 10.00. The van der Waals surface area contributed by atoms with Crippen molar-refractivity contribution in [3.05, 3.63) is 11.1 Å². The third kappa shape index (κ3) is 3.49. The van der Waals surface area contributed by atoms with Gasteiger partial charge in [-0.25, -0.2) is 10.8 Å². The molecule has 0 saturated carbocycles. The van der Waals surface area contributed by atoms with Gasteiger partial charge in [0.05, 0.1) is 0 Å². The average molecular weight is 295 g/mol. The number of hydrogen-bond acceptors (Lipinski definition) is 6. The Bertz CT molecular complexity index is 407. The van der Waals surface area contributed by atoms with Gasteiger partial charge in [0.1, 0.15) is 0 Å². The van der Waals surface area contributed by atoms with Crippen LogP contribution >= 0.6 is 11.3 Å². The van der Waals surface area contributed by atoms with Crippen LogP contribution in [-0.2, 0) is 6.54 Å².